The summed E-state index contributed by atoms with van der Waals surface area (Å²) in [5.74, 6) is 0. The molecule has 1 rings (SSSR count). The average molecular weight is 211 g/mol. The zero-order valence-corrected chi connectivity index (χ0v) is 8.59. The van der Waals surface area contributed by atoms with Crippen LogP contribution in [0.5, 0.6) is 0 Å². The molecule has 2 atom stereocenters. The van der Waals surface area contributed by atoms with Crippen LogP contribution < -0.4 is 0 Å². The van der Waals surface area contributed by atoms with Crippen LogP contribution >= 0.6 is 8.69 Å². The highest BCUT2D eigenvalue weighted by Gasteiger charge is 2.14. The molecule has 0 aliphatic carbocycles. The van der Waals surface area contributed by atoms with Crippen molar-refractivity contribution < 1.29 is 14.2 Å². The minimum atomic E-state index is -0.791. The third-order valence-corrected chi connectivity index (χ3v) is 2.20. The molecule has 74 valence electrons. The minimum absolute atomic E-state index is 0.254. The summed E-state index contributed by atoms with van der Waals surface area (Å²) in [6.45, 7) is 0. The van der Waals surface area contributed by atoms with Crippen LogP contribution in [0, 0.1) is 0 Å². The Morgan fingerprint density at radius 2 is 2.14 bits per heavy atom. The van der Waals surface area contributed by atoms with Gasteiger partial charge in [0.25, 0.3) is 0 Å². The summed E-state index contributed by atoms with van der Waals surface area (Å²) in [6.07, 6.45) is 2.79. The van der Waals surface area contributed by atoms with Gasteiger partial charge in [0.05, 0.1) is 6.26 Å². The Labute approximate surface area is 84.3 Å². The van der Waals surface area contributed by atoms with Gasteiger partial charge in [-0.25, -0.2) is 0 Å². The number of hydrogen-bond acceptors (Lipinski definition) is 3. The molecule has 0 aromatic heterocycles. The quantitative estimate of drug-likeness (QED) is 0.601. The van der Waals surface area contributed by atoms with Crippen LogP contribution in [0.4, 0.5) is 0 Å². The van der Waals surface area contributed by atoms with Gasteiger partial charge in [-0.15, -0.1) is 4.52 Å². The van der Waals surface area contributed by atoms with E-state index in [4.69, 9.17) is 9.63 Å². The molecule has 1 aromatic rings. The summed E-state index contributed by atoms with van der Waals surface area (Å²) in [4.78, 5) is 0. The van der Waals surface area contributed by atoms with Crippen molar-refractivity contribution in [3.63, 3.8) is 0 Å². The maximum Gasteiger partial charge on any atom is 0.494 e. The first-order valence-corrected chi connectivity index (χ1v) is 5.07. The SMILES string of the molecule is O=[PH+]OC(CC=CO)c1ccccc1. The van der Waals surface area contributed by atoms with Crippen LogP contribution in [0.15, 0.2) is 42.7 Å². The Morgan fingerprint density at radius 1 is 1.43 bits per heavy atom. The first-order chi connectivity index (χ1) is 6.88. The predicted molar refractivity (Wildman–Crippen MR) is 55.7 cm³/mol. The van der Waals surface area contributed by atoms with E-state index < -0.39 is 8.69 Å². The molecular weight excluding hydrogens is 199 g/mol. The third-order valence-electron chi connectivity index (χ3n) is 1.82. The minimum Gasteiger partial charge on any atom is -0.516 e. The van der Waals surface area contributed by atoms with Crippen molar-refractivity contribution in [1.29, 1.82) is 0 Å². The lowest BCUT2D eigenvalue weighted by molar-refractivity contribution is 0.231. The lowest BCUT2D eigenvalue weighted by Gasteiger charge is -2.06. The van der Waals surface area contributed by atoms with Crippen molar-refractivity contribution in [2.75, 3.05) is 0 Å². The summed E-state index contributed by atoms with van der Waals surface area (Å²) in [5, 5.41) is 8.52. The largest absolute Gasteiger partial charge is 0.516 e. The molecule has 0 fully saturated rings. The van der Waals surface area contributed by atoms with E-state index in [-0.39, 0.29) is 6.10 Å². The third kappa shape index (κ3) is 3.29. The maximum absolute atomic E-state index is 10.4. The first-order valence-electron chi connectivity index (χ1n) is 4.25. The van der Waals surface area contributed by atoms with Gasteiger partial charge in [0.2, 0.25) is 0 Å². The normalized spacial score (nSPS) is 13.4. The van der Waals surface area contributed by atoms with Gasteiger partial charge in [0.1, 0.15) is 6.10 Å². The van der Waals surface area contributed by atoms with Crippen LogP contribution in [0.25, 0.3) is 0 Å². The topological polar surface area (TPSA) is 46.5 Å². The summed E-state index contributed by atoms with van der Waals surface area (Å²) >= 11 is 0. The van der Waals surface area contributed by atoms with E-state index in [9.17, 15) is 4.57 Å². The van der Waals surface area contributed by atoms with Crippen LogP contribution in [0.1, 0.15) is 18.1 Å². The van der Waals surface area contributed by atoms with Crippen molar-refractivity contribution in [2.45, 2.75) is 12.5 Å². The second-order valence-corrected chi connectivity index (χ2v) is 3.12. The fourth-order valence-corrected chi connectivity index (χ4v) is 1.51. The molecule has 0 saturated heterocycles. The van der Waals surface area contributed by atoms with E-state index in [1.54, 1.807) is 6.08 Å². The van der Waals surface area contributed by atoms with Gasteiger partial charge in [0, 0.05) is 6.42 Å². The second-order valence-electron chi connectivity index (χ2n) is 2.72. The number of benzene rings is 1. The van der Waals surface area contributed by atoms with Crippen molar-refractivity contribution in [2.24, 2.45) is 0 Å². The Kier molecular flexibility index (Phi) is 4.90. The van der Waals surface area contributed by atoms with E-state index >= 15 is 0 Å². The van der Waals surface area contributed by atoms with E-state index in [0.29, 0.717) is 6.42 Å². The summed E-state index contributed by atoms with van der Waals surface area (Å²) < 4.78 is 15.4. The summed E-state index contributed by atoms with van der Waals surface area (Å²) in [6, 6.07) is 9.48. The summed E-state index contributed by atoms with van der Waals surface area (Å²) in [5.41, 5.74) is 0.953. The summed E-state index contributed by atoms with van der Waals surface area (Å²) in [7, 11) is -0.791. The molecule has 0 aliphatic heterocycles. The molecule has 3 nitrogen and oxygen atoms in total. The van der Waals surface area contributed by atoms with Crippen molar-refractivity contribution >= 4 is 8.69 Å². The monoisotopic (exact) mass is 211 g/mol. The van der Waals surface area contributed by atoms with Crippen LogP contribution in [-0.4, -0.2) is 5.11 Å². The van der Waals surface area contributed by atoms with Crippen LogP contribution in [0.3, 0.4) is 0 Å². The van der Waals surface area contributed by atoms with Crippen molar-refractivity contribution in [1.82, 2.24) is 0 Å². The maximum atomic E-state index is 10.4. The molecule has 1 aromatic carbocycles. The molecule has 0 saturated carbocycles. The zero-order valence-electron chi connectivity index (χ0n) is 7.59. The molecule has 0 heterocycles. The van der Waals surface area contributed by atoms with Gasteiger partial charge in [-0.1, -0.05) is 30.3 Å². The number of rotatable bonds is 5. The van der Waals surface area contributed by atoms with E-state index in [2.05, 4.69) is 0 Å². The average Bonchev–Trinajstić information content (AvgIpc) is 2.25. The van der Waals surface area contributed by atoms with Crippen LogP contribution in [0.2, 0.25) is 0 Å². The number of aliphatic hydroxyl groups excluding tert-OH is 1. The van der Waals surface area contributed by atoms with E-state index in [1.807, 2.05) is 30.3 Å². The van der Waals surface area contributed by atoms with E-state index in [1.165, 1.54) is 0 Å². The molecule has 4 heteroatoms. The predicted octanol–water partition coefficient (Wildman–Crippen LogP) is 3.15. The van der Waals surface area contributed by atoms with Gasteiger partial charge >= 0.3 is 8.69 Å². The second kappa shape index (κ2) is 6.30. The molecule has 0 aliphatic rings. The molecule has 14 heavy (non-hydrogen) atoms. The Hall–Kier alpha value is -1.18. The highest BCUT2D eigenvalue weighted by molar-refractivity contribution is 7.17. The Bertz CT molecular complexity index is 297. The van der Waals surface area contributed by atoms with Gasteiger partial charge in [0.15, 0.2) is 0 Å². The van der Waals surface area contributed by atoms with Gasteiger partial charge in [-0.2, -0.15) is 0 Å². The highest BCUT2D eigenvalue weighted by Crippen LogP contribution is 2.25. The molecule has 2 unspecified atom stereocenters. The van der Waals surface area contributed by atoms with Gasteiger partial charge < -0.3 is 5.11 Å². The van der Waals surface area contributed by atoms with E-state index in [0.717, 1.165) is 11.8 Å². The highest BCUT2D eigenvalue weighted by atomic mass is 31.1. The van der Waals surface area contributed by atoms with Gasteiger partial charge in [-0.3, -0.25) is 0 Å². The fourth-order valence-electron chi connectivity index (χ4n) is 1.16. The molecular formula is C10H12O3P+. The lowest BCUT2D eigenvalue weighted by atomic mass is 10.1. The lowest BCUT2D eigenvalue weighted by Crippen LogP contribution is -1.96. The van der Waals surface area contributed by atoms with Crippen LogP contribution in [-0.2, 0) is 9.09 Å². The Morgan fingerprint density at radius 3 is 2.71 bits per heavy atom. The molecule has 0 bridgehead atoms. The molecule has 0 radical (unpaired) electrons. The number of hydrogen-bond donors (Lipinski definition) is 1. The van der Waals surface area contributed by atoms with Gasteiger partial charge in [-0.05, 0) is 16.2 Å². The van der Waals surface area contributed by atoms with Crippen molar-refractivity contribution in [3.05, 3.63) is 48.2 Å². The molecule has 1 N–H and O–H groups in total. The van der Waals surface area contributed by atoms with Crippen molar-refractivity contribution in [3.8, 4) is 0 Å². The molecule has 0 amide bonds. The fraction of sp³-hybridized carbons (Fsp3) is 0.200. The molecule has 0 spiro atoms. The zero-order chi connectivity index (χ0) is 10.2. The Balaban J connectivity index is 2.71. The standard InChI is InChI=1S/C10H11O3P/c11-8-4-7-10(13-14-12)9-5-2-1-3-6-9/h1-6,8,10,14H,7H2/p+1. The number of aliphatic hydroxyl groups is 1. The first kappa shape index (κ1) is 10.9. The smallest absolute Gasteiger partial charge is 0.494 e.